The smallest absolute Gasteiger partial charge is 0.0240 e. The fourth-order valence-corrected chi connectivity index (χ4v) is 4.05. The van der Waals surface area contributed by atoms with Gasteiger partial charge in [-0.05, 0) is 28.5 Å². The fraction of sp³-hybridized carbons (Fsp3) is 0.103. The van der Waals surface area contributed by atoms with Gasteiger partial charge in [0.1, 0.15) is 0 Å². The molecule has 0 aromatic heterocycles. The molecule has 0 amide bonds. The van der Waals surface area contributed by atoms with Crippen molar-refractivity contribution in [3.05, 3.63) is 114 Å². The molecule has 0 unspecified atom stereocenters. The molecule has 0 nitrogen and oxygen atoms in total. The van der Waals surface area contributed by atoms with Gasteiger partial charge in [-0.1, -0.05) is 53.9 Å². The largest absolute Gasteiger partial charge is 1.00 e. The second-order valence-corrected chi connectivity index (χ2v) is 8.27. The second-order valence-electron chi connectivity index (χ2n) is 7.27. The van der Waals surface area contributed by atoms with Crippen molar-refractivity contribution in [2.24, 2.45) is 0 Å². The van der Waals surface area contributed by atoms with Crippen molar-refractivity contribution in [2.75, 3.05) is 0 Å². The molecule has 1 aliphatic carbocycles. The average molecular weight is 535 g/mol. The Hall–Kier alpha value is -1.92. The van der Waals surface area contributed by atoms with Crippen LogP contribution < -0.4 is 24.8 Å². The van der Waals surface area contributed by atoms with E-state index < -0.39 is 0 Å². The first-order valence-electron chi connectivity index (χ1n) is 10.4. The zero-order chi connectivity index (χ0) is 20.8. The Morgan fingerprint density at radius 1 is 0.844 bits per heavy atom. The van der Waals surface area contributed by atoms with Crippen LogP contribution in [0.2, 0.25) is 0 Å². The minimum Gasteiger partial charge on any atom is -1.00 e. The Kier molecular flexibility index (Phi) is 10.7. The summed E-state index contributed by atoms with van der Waals surface area (Å²) >= 11 is 1.54. The van der Waals surface area contributed by atoms with Crippen molar-refractivity contribution < 1.29 is 49.0 Å². The summed E-state index contributed by atoms with van der Waals surface area (Å²) in [7, 11) is 0. The van der Waals surface area contributed by atoms with Crippen LogP contribution in [0.4, 0.5) is 0 Å². The van der Waals surface area contributed by atoms with E-state index in [0.717, 1.165) is 6.42 Å². The first-order valence-corrected chi connectivity index (χ1v) is 11.8. The summed E-state index contributed by atoms with van der Waals surface area (Å²) in [6.45, 7) is 2.15. The first-order chi connectivity index (χ1) is 14.8. The average Bonchev–Trinajstić information content (AvgIpc) is 3.51. The van der Waals surface area contributed by atoms with Crippen LogP contribution in [-0.2, 0) is 30.7 Å². The maximum atomic E-state index is 3.48. The summed E-state index contributed by atoms with van der Waals surface area (Å²) in [5.74, 6) is 0. The normalized spacial score (nSPS) is 10.3. The molecule has 0 spiro atoms. The molecule has 0 bridgehead atoms. The van der Waals surface area contributed by atoms with Gasteiger partial charge >= 0.3 is 41.3 Å². The van der Waals surface area contributed by atoms with Gasteiger partial charge in [0.2, 0.25) is 0 Å². The van der Waals surface area contributed by atoms with Crippen molar-refractivity contribution in [3.8, 4) is 11.1 Å². The second kappa shape index (κ2) is 13.0. The van der Waals surface area contributed by atoms with Gasteiger partial charge in [0.15, 0.2) is 0 Å². The van der Waals surface area contributed by atoms with Gasteiger partial charge in [0.25, 0.3) is 0 Å². The van der Waals surface area contributed by atoms with Crippen molar-refractivity contribution in [1.29, 1.82) is 0 Å². The minimum absolute atomic E-state index is 0. The van der Waals surface area contributed by atoms with Crippen LogP contribution in [-0.4, -0.2) is 3.71 Å². The SMILES string of the molecule is CC[CH]=[Zr+2].[Cl-].[Cl-].[c-]1cccc2c1c1c(c3ccccc32)-c2ccccc2C1.c1cc[cH-]c1. The maximum Gasteiger partial charge on any atom is -0.0240 e. The zero-order valence-electron chi connectivity index (χ0n) is 18.0. The Labute approximate surface area is 218 Å². The summed E-state index contributed by atoms with van der Waals surface area (Å²) in [5.41, 5.74) is 5.67. The van der Waals surface area contributed by atoms with Crippen LogP contribution >= 0.6 is 0 Å². The molecule has 0 aliphatic heterocycles. The first kappa shape index (κ1) is 26.3. The van der Waals surface area contributed by atoms with Gasteiger partial charge in [-0.2, -0.15) is 18.2 Å². The van der Waals surface area contributed by atoms with Gasteiger partial charge in [-0.25, -0.2) is 12.1 Å². The summed E-state index contributed by atoms with van der Waals surface area (Å²) in [5, 5.41) is 5.30. The summed E-state index contributed by atoms with van der Waals surface area (Å²) in [4.78, 5) is 0. The van der Waals surface area contributed by atoms with Crippen LogP contribution in [0.25, 0.3) is 32.7 Å². The van der Waals surface area contributed by atoms with Crippen LogP contribution in [0.15, 0.2) is 97.1 Å². The predicted octanol–water partition coefficient (Wildman–Crippen LogP) is 1.52. The van der Waals surface area contributed by atoms with E-state index in [1.807, 2.05) is 36.4 Å². The van der Waals surface area contributed by atoms with E-state index >= 15 is 0 Å². The van der Waals surface area contributed by atoms with Gasteiger partial charge in [0, 0.05) is 0 Å². The molecular weight excluding hydrogens is 510 g/mol. The molecule has 0 saturated heterocycles. The van der Waals surface area contributed by atoms with E-state index in [4.69, 9.17) is 0 Å². The monoisotopic (exact) mass is 532 g/mol. The molecular formula is C29H24Cl2Zr-2. The van der Waals surface area contributed by atoms with Crippen LogP contribution in [0.5, 0.6) is 0 Å². The number of hydrogen-bond donors (Lipinski definition) is 0. The summed E-state index contributed by atoms with van der Waals surface area (Å²) < 4.78 is 2.22. The molecule has 5 aromatic rings. The Balaban J connectivity index is 0.000000282. The van der Waals surface area contributed by atoms with Crippen molar-refractivity contribution in [2.45, 2.75) is 19.8 Å². The van der Waals surface area contributed by atoms with E-state index in [9.17, 15) is 0 Å². The van der Waals surface area contributed by atoms with Gasteiger partial charge in [-0.3, -0.25) is 0 Å². The topological polar surface area (TPSA) is 0 Å². The van der Waals surface area contributed by atoms with Crippen molar-refractivity contribution in [1.82, 2.24) is 0 Å². The van der Waals surface area contributed by atoms with Crippen LogP contribution in [0.3, 0.4) is 0 Å². The number of halogens is 2. The number of benzene rings is 4. The zero-order valence-corrected chi connectivity index (χ0v) is 22.0. The molecule has 3 heteroatoms. The summed E-state index contributed by atoms with van der Waals surface area (Å²) in [6.07, 6.45) is 2.26. The molecule has 0 atom stereocenters. The fourth-order valence-electron chi connectivity index (χ4n) is 4.05. The third kappa shape index (κ3) is 5.52. The molecule has 0 fully saturated rings. The Morgan fingerprint density at radius 2 is 1.47 bits per heavy atom. The van der Waals surface area contributed by atoms with E-state index in [0.29, 0.717) is 0 Å². The quantitative estimate of drug-likeness (QED) is 0.222. The van der Waals surface area contributed by atoms with Crippen molar-refractivity contribution in [3.63, 3.8) is 0 Å². The van der Waals surface area contributed by atoms with Gasteiger partial charge in [-0.15, -0.1) is 40.6 Å². The van der Waals surface area contributed by atoms with E-state index in [2.05, 4.69) is 77.4 Å². The van der Waals surface area contributed by atoms with E-state index in [1.54, 1.807) is 24.2 Å². The number of hydrogen-bond acceptors (Lipinski definition) is 0. The number of fused-ring (bicyclic) bond motifs is 8. The molecule has 0 radical (unpaired) electrons. The van der Waals surface area contributed by atoms with Gasteiger partial charge < -0.3 is 24.8 Å². The molecule has 1 aliphatic rings. The molecule has 5 aromatic carbocycles. The molecule has 160 valence electrons. The minimum atomic E-state index is 0. The standard InChI is InChI=1S/C21H13.C5H5.C3H6.2ClH.Zr/c1-2-8-15-14(7-1)13-20-18-11-4-3-9-16(18)17-10-5-6-12-19(17)21(15)20;1-2-4-5-3-1;1-3-2;;;/h1-10,12H,13H2;1-5H;1H,3H2,2H3;2*1H;/q2*-1;;;;+2/p-2. The molecule has 0 saturated carbocycles. The van der Waals surface area contributed by atoms with Crippen molar-refractivity contribution >= 4 is 25.3 Å². The van der Waals surface area contributed by atoms with E-state index in [1.165, 1.54) is 50.2 Å². The number of rotatable bonds is 1. The van der Waals surface area contributed by atoms with E-state index in [-0.39, 0.29) is 24.8 Å². The molecule has 32 heavy (non-hydrogen) atoms. The third-order valence-electron chi connectivity index (χ3n) is 5.36. The maximum absolute atomic E-state index is 3.48. The third-order valence-corrected chi connectivity index (χ3v) is 6.36. The molecule has 0 heterocycles. The molecule has 0 N–H and O–H groups in total. The Morgan fingerprint density at radius 3 is 2.12 bits per heavy atom. The Bertz CT molecular complexity index is 1260. The summed E-state index contributed by atoms with van der Waals surface area (Å²) in [6, 6.07) is 37.3. The van der Waals surface area contributed by atoms with Gasteiger partial charge in [0.05, 0.1) is 0 Å². The molecule has 6 rings (SSSR count). The van der Waals surface area contributed by atoms with Crippen LogP contribution in [0, 0.1) is 6.07 Å². The predicted molar refractivity (Wildman–Crippen MR) is 127 cm³/mol. The van der Waals surface area contributed by atoms with Crippen LogP contribution in [0.1, 0.15) is 24.5 Å².